The monoisotopic (exact) mass is 381 g/mol. The SMILES string of the molecule is CN[C@H]1CC[C@@]2(O)[C@H]3Cc4ccc(O)c5c4[C@@]2(CC(C#N)N3CC2CC2)[C@H]1O5. The van der Waals surface area contributed by atoms with Crippen molar-refractivity contribution in [3.8, 4) is 17.6 Å². The molecule has 2 heterocycles. The number of hydrogen-bond donors (Lipinski definition) is 3. The maximum atomic E-state index is 12.3. The van der Waals surface area contributed by atoms with E-state index in [0.29, 0.717) is 30.9 Å². The van der Waals surface area contributed by atoms with Crippen molar-refractivity contribution in [3.63, 3.8) is 0 Å². The molecule has 0 amide bonds. The van der Waals surface area contributed by atoms with Crippen molar-refractivity contribution < 1.29 is 14.9 Å². The number of hydrogen-bond acceptors (Lipinski definition) is 6. The maximum Gasteiger partial charge on any atom is 0.165 e. The number of ether oxygens (including phenoxy) is 1. The average Bonchev–Trinajstić information content (AvgIpc) is 3.43. The van der Waals surface area contributed by atoms with Crippen LogP contribution in [0.15, 0.2) is 12.1 Å². The van der Waals surface area contributed by atoms with Gasteiger partial charge in [0.2, 0.25) is 0 Å². The Hall–Kier alpha value is -1.81. The van der Waals surface area contributed by atoms with E-state index in [2.05, 4.69) is 16.3 Å². The lowest BCUT2D eigenvalue weighted by Crippen LogP contribution is -2.79. The summed E-state index contributed by atoms with van der Waals surface area (Å²) >= 11 is 0. The summed E-state index contributed by atoms with van der Waals surface area (Å²) in [7, 11) is 1.93. The zero-order chi connectivity index (χ0) is 19.3. The van der Waals surface area contributed by atoms with Gasteiger partial charge in [0.15, 0.2) is 11.5 Å². The molecule has 1 unspecified atom stereocenters. The normalized spacial score (nSPS) is 43.2. The molecule has 0 aromatic heterocycles. The number of rotatable bonds is 3. The van der Waals surface area contributed by atoms with Crippen molar-refractivity contribution in [2.75, 3.05) is 13.6 Å². The van der Waals surface area contributed by atoms with Crippen molar-refractivity contribution in [1.29, 1.82) is 5.26 Å². The number of likely N-dealkylation sites (N-methyl/N-ethyl adjacent to an activating group) is 1. The molecule has 6 rings (SSSR count). The zero-order valence-electron chi connectivity index (χ0n) is 16.2. The number of piperidine rings is 1. The standard InChI is InChI=1S/C22H27N3O3/c1-24-15-6-7-22(27)17-8-13-4-5-16(26)19-18(13)21(22,20(15)28-19)9-14(10-23)25(17)11-12-2-3-12/h4-5,12,14-15,17,20,24,26-27H,2-3,6-9,11H2,1H3/t14?,15-,17+,20-,21-,22+/m0/s1. The van der Waals surface area contributed by atoms with Gasteiger partial charge < -0.3 is 20.3 Å². The van der Waals surface area contributed by atoms with Gasteiger partial charge in [0.05, 0.1) is 23.1 Å². The average molecular weight is 381 g/mol. The molecule has 2 saturated carbocycles. The van der Waals surface area contributed by atoms with Gasteiger partial charge >= 0.3 is 0 Å². The Kier molecular flexibility index (Phi) is 3.30. The predicted molar refractivity (Wildman–Crippen MR) is 102 cm³/mol. The van der Waals surface area contributed by atoms with Crippen LogP contribution in [0.4, 0.5) is 0 Å². The van der Waals surface area contributed by atoms with Crippen LogP contribution in [-0.4, -0.2) is 58.5 Å². The molecule has 28 heavy (non-hydrogen) atoms. The third kappa shape index (κ3) is 1.84. The van der Waals surface area contributed by atoms with E-state index in [1.165, 1.54) is 18.4 Å². The van der Waals surface area contributed by atoms with Gasteiger partial charge in [-0.15, -0.1) is 0 Å². The summed E-state index contributed by atoms with van der Waals surface area (Å²) in [6.45, 7) is 0.905. The van der Waals surface area contributed by atoms with Crippen LogP contribution in [0.25, 0.3) is 0 Å². The van der Waals surface area contributed by atoms with Gasteiger partial charge in [-0.3, -0.25) is 4.90 Å². The summed E-state index contributed by atoms with van der Waals surface area (Å²) in [5.41, 5.74) is 0.576. The van der Waals surface area contributed by atoms with Gasteiger partial charge in [-0.05, 0) is 63.1 Å². The molecular formula is C22H27N3O3. The van der Waals surface area contributed by atoms with E-state index in [1.807, 2.05) is 13.1 Å². The molecule has 2 aliphatic heterocycles. The Bertz CT molecular complexity index is 894. The lowest BCUT2D eigenvalue weighted by molar-refractivity contribution is -0.199. The summed E-state index contributed by atoms with van der Waals surface area (Å²) in [6.07, 6.45) is 4.99. The van der Waals surface area contributed by atoms with Crippen LogP contribution in [0.5, 0.6) is 11.5 Å². The van der Waals surface area contributed by atoms with Crippen LogP contribution < -0.4 is 10.1 Å². The summed E-state index contributed by atoms with van der Waals surface area (Å²) in [4.78, 5) is 2.31. The molecule has 2 bridgehead atoms. The smallest absolute Gasteiger partial charge is 0.165 e. The number of nitriles is 1. The Morgan fingerprint density at radius 3 is 2.89 bits per heavy atom. The van der Waals surface area contributed by atoms with Crippen molar-refractivity contribution in [1.82, 2.24) is 10.2 Å². The van der Waals surface area contributed by atoms with Gasteiger partial charge in [0, 0.05) is 24.2 Å². The minimum absolute atomic E-state index is 0.0709. The van der Waals surface area contributed by atoms with E-state index < -0.39 is 11.0 Å². The number of phenols is 1. The van der Waals surface area contributed by atoms with E-state index in [1.54, 1.807) is 6.07 Å². The second-order valence-corrected chi connectivity index (χ2v) is 9.52. The highest BCUT2D eigenvalue weighted by Gasteiger charge is 2.74. The van der Waals surface area contributed by atoms with E-state index in [4.69, 9.17) is 4.74 Å². The first-order valence-electron chi connectivity index (χ1n) is 10.6. The van der Waals surface area contributed by atoms with E-state index >= 15 is 0 Å². The zero-order valence-corrected chi connectivity index (χ0v) is 16.2. The number of aliphatic hydroxyl groups is 1. The number of likely N-dealkylation sites (tertiary alicyclic amines) is 1. The molecule has 6 heteroatoms. The Morgan fingerprint density at radius 1 is 1.36 bits per heavy atom. The van der Waals surface area contributed by atoms with E-state index in [9.17, 15) is 15.5 Å². The van der Waals surface area contributed by atoms with Crippen molar-refractivity contribution in [2.24, 2.45) is 5.92 Å². The lowest BCUT2D eigenvalue weighted by atomic mass is 9.47. The molecule has 6 nitrogen and oxygen atoms in total. The summed E-state index contributed by atoms with van der Waals surface area (Å²) < 4.78 is 6.40. The van der Waals surface area contributed by atoms with Gasteiger partial charge in [0.25, 0.3) is 0 Å². The molecule has 148 valence electrons. The molecule has 3 fully saturated rings. The summed E-state index contributed by atoms with van der Waals surface area (Å²) in [5.74, 6) is 1.34. The van der Waals surface area contributed by atoms with E-state index in [0.717, 1.165) is 18.5 Å². The first kappa shape index (κ1) is 17.1. The van der Waals surface area contributed by atoms with Crippen LogP contribution in [-0.2, 0) is 11.8 Å². The molecule has 6 atom stereocenters. The van der Waals surface area contributed by atoms with Gasteiger partial charge in [-0.2, -0.15) is 5.26 Å². The number of nitrogens with one attached hydrogen (secondary N) is 1. The predicted octanol–water partition coefficient (Wildman–Crippen LogP) is 1.44. The molecule has 1 saturated heterocycles. The maximum absolute atomic E-state index is 12.3. The second kappa shape index (κ2) is 5.41. The first-order chi connectivity index (χ1) is 13.5. The fourth-order valence-electron chi connectivity index (χ4n) is 6.93. The molecular weight excluding hydrogens is 354 g/mol. The fourth-order valence-corrected chi connectivity index (χ4v) is 6.93. The minimum atomic E-state index is -0.931. The minimum Gasteiger partial charge on any atom is -0.504 e. The van der Waals surface area contributed by atoms with E-state index in [-0.39, 0.29) is 30.0 Å². The van der Waals surface area contributed by atoms with Crippen molar-refractivity contribution in [2.45, 2.75) is 73.8 Å². The highest BCUT2D eigenvalue weighted by Crippen LogP contribution is 2.66. The number of aromatic hydroxyl groups is 1. The molecule has 5 aliphatic rings. The van der Waals surface area contributed by atoms with Crippen LogP contribution in [0.2, 0.25) is 0 Å². The van der Waals surface area contributed by atoms with Gasteiger partial charge in [-0.1, -0.05) is 6.07 Å². The molecule has 0 radical (unpaired) electrons. The Morgan fingerprint density at radius 2 is 2.18 bits per heavy atom. The van der Waals surface area contributed by atoms with Crippen LogP contribution in [0, 0.1) is 17.2 Å². The second-order valence-electron chi connectivity index (χ2n) is 9.52. The fraction of sp³-hybridized carbons (Fsp3) is 0.682. The summed E-state index contributed by atoms with van der Waals surface area (Å²) in [5, 5.41) is 36.3. The van der Waals surface area contributed by atoms with Gasteiger partial charge in [-0.25, -0.2) is 0 Å². The largest absolute Gasteiger partial charge is 0.504 e. The lowest BCUT2D eigenvalue weighted by Gasteiger charge is -2.65. The third-order valence-corrected chi connectivity index (χ3v) is 8.34. The van der Waals surface area contributed by atoms with Crippen LogP contribution in [0.1, 0.15) is 43.2 Å². The quantitative estimate of drug-likeness (QED) is 0.734. The number of nitrogens with zero attached hydrogens (tertiary/aromatic N) is 2. The van der Waals surface area contributed by atoms with Gasteiger partial charge in [0.1, 0.15) is 6.10 Å². The van der Waals surface area contributed by atoms with Crippen LogP contribution in [0.3, 0.4) is 0 Å². The summed E-state index contributed by atoms with van der Waals surface area (Å²) in [6, 6.07) is 6.08. The molecule has 3 N–H and O–H groups in total. The highest BCUT2D eigenvalue weighted by atomic mass is 16.5. The number of benzene rings is 1. The highest BCUT2D eigenvalue weighted by molar-refractivity contribution is 5.63. The Labute approximate surface area is 165 Å². The molecule has 1 aromatic rings. The third-order valence-electron chi connectivity index (χ3n) is 8.34. The number of phenolic OH excluding ortho intramolecular Hbond substituents is 1. The molecule has 3 aliphatic carbocycles. The first-order valence-corrected chi connectivity index (χ1v) is 10.6. The van der Waals surface area contributed by atoms with Crippen molar-refractivity contribution in [3.05, 3.63) is 23.3 Å². The Balaban J connectivity index is 1.59. The van der Waals surface area contributed by atoms with Crippen LogP contribution >= 0.6 is 0 Å². The topological polar surface area (TPSA) is 88.8 Å². The molecule has 1 aromatic carbocycles. The molecule has 1 spiro atoms. The van der Waals surface area contributed by atoms with Crippen molar-refractivity contribution >= 4 is 0 Å².